The van der Waals surface area contributed by atoms with Gasteiger partial charge in [0.1, 0.15) is 5.82 Å². The summed E-state index contributed by atoms with van der Waals surface area (Å²) in [6, 6.07) is 2.07. The molecular formula is C9H14N4O. The molecule has 0 aliphatic rings. The Morgan fingerprint density at radius 1 is 1.43 bits per heavy atom. The van der Waals surface area contributed by atoms with Crippen LogP contribution in [-0.4, -0.2) is 10.7 Å². The predicted molar refractivity (Wildman–Crippen MR) is 57.5 cm³/mol. The molecule has 5 heteroatoms. The van der Waals surface area contributed by atoms with Gasteiger partial charge >= 0.3 is 0 Å². The average Bonchev–Trinajstić information content (AvgIpc) is 2.65. The Labute approximate surface area is 81.6 Å². The summed E-state index contributed by atoms with van der Waals surface area (Å²) in [5, 5.41) is 0.843. The van der Waals surface area contributed by atoms with Crippen LogP contribution in [0.5, 0.6) is 0 Å². The van der Waals surface area contributed by atoms with Gasteiger partial charge in [0, 0.05) is 6.04 Å². The Morgan fingerprint density at radius 3 is 2.79 bits per heavy atom. The number of nitrogens with two attached hydrogens (primary N) is 2. The lowest BCUT2D eigenvalue weighted by molar-refractivity contribution is 0.578. The van der Waals surface area contributed by atoms with Crippen molar-refractivity contribution in [3.05, 3.63) is 12.3 Å². The molecule has 2 aromatic rings. The monoisotopic (exact) mass is 194 g/mol. The Bertz CT molecular complexity index is 455. The van der Waals surface area contributed by atoms with Gasteiger partial charge in [0.2, 0.25) is 5.71 Å². The van der Waals surface area contributed by atoms with E-state index < -0.39 is 0 Å². The smallest absolute Gasteiger partial charge is 0.229 e. The summed E-state index contributed by atoms with van der Waals surface area (Å²) in [5.74, 6) is 0.494. The lowest BCUT2D eigenvalue weighted by Crippen LogP contribution is -2.23. The highest BCUT2D eigenvalue weighted by Gasteiger charge is 2.15. The molecule has 0 aliphatic carbocycles. The van der Waals surface area contributed by atoms with Gasteiger partial charge in [0.25, 0.3) is 0 Å². The molecule has 0 radical (unpaired) electrons. The Hall–Kier alpha value is -1.78. The third-order valence-corrected chi connectivity index (χ3v) is 2.04. The molecule has 5 nitrogen and oxygen atoms in total. The molecule has 0 saturated carbocycles. The zero-order valence-electron chi connectivity index (χ0n) is 8.24. The summed E-state index contributed by atoms with van der Waals surface area (Å²) < 4.78 is 6.97. The van der Waals surface area contributed by atoms with E-state index in [0.717, 1.165) is 5.39 Å². The summed E-state index contributed by atoms with van der Waals surface area (Å²) in [7, 11) is 0. The lowest BCUT2D eigenvalue weighted by atomic mass is 10.3. The van der Waals surface area contributed by atoms with Crippen LogP contribution in [0.15, 0.2) is 16.7 Å². The Morgan fingerprint density at radius 2 is 2.14 bits per heavy atom. The van der Waals surface area contributed by atoms with E-state index in [2.05, 4.69) is 5.43 Å². The minimum atomic E-state index is 0.261. The maximum Gasteiger partial charge on any atom is 0.229 e. The molecule has 0 bridgehead atoms. The Kier molecular flexibility index (Phi) is 1.80. The first-order chi connectivity index (χ1) is 6.61. The van der Waals surface area contributed by atoms with Crippen LogP contribution >= 0.6 is 0 Å². The highest BCUT2D eigenvalue weighted by molar-refractivity contribution is 5.96. The van der Waals surface area contributed by atoms with Crippen LogP contribution in [0, 0.1) is 0 Å². The summed E-state index contributed by atoms with van der Waals surface area (Å²) in [6.07, 6.45) is 1.60. The quantitative estimate of drug-likeness (QED) is 0.674. The molecule has 0 fully saturated rings. The second-order valence-corrected chi connectivity index (χ2v) is 3.56. The van der Waals surface area contributed by atoms with E-state index in [1.165, 1.54) is 0 Å². The Balaban J connectivity index is 2.61. The molecule has 0 saturated heterocycles. The van der Waals surface area contributed by atoms with Crippen molar-refractivity contribution in [2.24, 2.45) is 0 Å². The SMILES string of the molecule is CC(C)Nn1c(N)c(N)c2ccoc21. The van der Waals surface area contributed by atoms with E-state index in [4.69, 9.17) is 15.9 Å². The molecule has 2 rings (SSSR count). The minimum absolute atomic E-state index is 0.261. The van der Waals surface area contributed by atoms with Crippen LogP contribution in [0.2, 0.25) is 0 Å². The van der Waals surface area contributed by atoms with Crippen molar-refractivity contribution >= 4 is 22.6 Å². The van der Waals surface area contributed by atoms with Gasteiger partial charge < -0.3 is 21.3 Å². The molecule has 0 unspecified atom stereocenters. The number of anilines is 2. The molecule has 76 valence electrons. The van der Waals surface area contributed by atoms with Crippen LogP contribution in [0.25, 0.3) is 11.1 Å². The normalized spacial score (nSPS) is 11.4. The standard InChI is InChI=1S/C9H14N4O/c1-5(2)12-13-8(11)7(10)6-3-4-14-9(6)13/h3-5,12H,10-11H2,1-2H3. The minimum Gasteiger partial charge on any atom is -0.446 e. The molecule has 5 N–H and O–H groups in total. The van der Waals surface area contributed by atoms with E-state index in [-0.39, 0.29) is 6.04 Å². The van der Waals surface area contributed by atoms with E-state index in [1.54, 1.807) is 17.0 Å². The van der Waals surface area contributed by atoms with Gasteiger partial charge in [-0.05, 0) is 19.9 Å². The zero-order valence-corrected chi connectivity index (χ0v) is 8.24. The van der Waals surface area contributed by atoms with Crippen LogP contribution < -0.4 is 16.9 Å². The van der Waals surface area contributed by atoms with Crippen LogP contribution in [0.4, 0.5) is 11.5 Å². The van der Waals surface area contributed by atoms with Gasteiger partial charge in [0.05, 0.1) is 17.3 Å². The number of hydrogen-bond acceptors (Lipinski definition) is 4. The highest BCUT2D eigenvalue weighted by atomic mass is 16.3. The van der Waals surface area contributed by atoms with Crippen molar-refractivity contribution < 1.29 is 4.42 Å². The summed E-state index contributed by atoms with van der Waals surface area (Å²) in [4.78, 5) is 0. The van der Waals surface area contributed by atoms with Gasteiger partial charge in [0.15, 0.2) is 0 Å². The van der Waals surface area contributed by atoms with Gasteiger partial charge in [-0.2, -0.15) is 0 Å². The first-order valence-electron chi connectivity index (χ1n) is 4.50. The largest absolute Gasteiger partial charge is 0.446 e. The number of nitrogens with one attached hydrogen (secondary N) is 1. The van der Waals surface area contributed by atoms with Crippen molar-refractivity contribution in [1.29, 1.82) is 0 Å². The second kappa shape index (κ2) is 2.87. The van der Waals surface area contributed by atoms with E-state index in [0.29, 0.717) is 17.2 Å². The number of furan rings is 1. The van der Waals surface area contributed by atoms with Crippen LogP contribution in [-0.2, 0) is 0 Å². The fraction of sp³-hybridized carbons (Fsp3) is 0.333. The van der Waals surface area contributed by atoms with Crippen molar-refractivity contribution in [2.45, 2.75) is 19.9 Å². The fourth-order valence-electron chi connectivity index (χ4n) is 1.43. The molecule has 0 spiro atoms. The molecule has 2 heterocycles. The van der Waals surface area contributed by atoms with Crippen molar-refractivity contribution in [1.82, 2.24) is 4.68 Å². The van der Waals surface area contributed by atoms with Crippen molar-refractivity contribution in [2.75, 3.05) is 16.9 Å². The fourth-order valence-corrected chi connectivity index (χ4v) is 1.43. The van der Waals surface area contributed by atoms with Gasteiger partial charge in [-0.25, -0.2) is 4.68 Å². The summed E-state index contributed by atoms with van der Waals surface area (Å²) in [5.41, 5.74) is 16.0. The number of hydrogen-bond donors (Lipinski definition) is 3. The first kappa shape index (κ1) is 8.80. The van der Waals surface area contributed by atoms with Crippen molar-refractivity contribution in [3.8, 4) is 0 Å². The van der Waals surface area contributed by atoms with E-state index in [9.17, 15) is 0 Å². The molecule has 2 aromatic heterocycles. The molecule has 14 heavy (non-hydrogen) atoms. The zero-order chi connectivity index (χ0) is 10.3. The lowest BCUT2D eigenvalue weighted by Gasteiger charge is -2.12. The summed E-state index contributed by atoms with van der Waals surface area (Å²) >= 11 is 0. The highest BCUT2D eigenvalue weighted by Crippen LogP contribution is 2.30. The van der Waals surface area contributed by atoms with E-state index in [1.807, 2.05) is 13.8 Å². The number of fused-ring (bicyclic) bond motifs is 1. The number of nitrogen functional groups attached to an aromatic ring is 2. The second-order valence-electron chi connectivity index (χ2n) is 3.56. The third-order valence-electron chi connectivity index (χ3n) is 2.04. The first-order valence-corrected chi connectivity index (χ1v) is 4.50. The van der Waals surface area contributed by atoms with Gasteiger partial charge in [-0.15, -0.1) is 0 Å². The van der Waals surface area contributed by atoms with Crippen LogP contribution in [0.3, 0.4) is 0 Å². The molecule has 0 amide bonds. The third kappa shape index (κ3) is 1.09. The molecule has 0 aliphatic heterocycles. The predicted octanol–water partition coefficient (Wildman–Crippen LogP) is 1.35. The number of aromatic nitrogens is 1. The van der Waals surface area contributed by atoms with Gasteiger partial charge in [-0.1, -0.05) is 0 Å². The van der Waals surface area contributed by atoms with E-state index >= 15 is 0 Å². The number of rotatable bonds is 2. The number of nitrogens with zero attached hydrogens (tertiary/aromatic N) is 1. The van der Waals surface area contributed by atoms with Crippen molar-refractivity contribution in [3.63, 3.8) is 0 Å². The average molecular weight is 194 g/mol. The molecule has 0 aromatic carbocycles. The molecule has 0 atom stereocenters. The molecular weight excluding hydrogens is 180 g/mol. The summed E-state index contributed by atoms with van der Waals surface area (Å²) in [6.45, 7) is 4.04. The maximum absolute atomic E-state index is 5.82. The van der Waals surface area contributed by atoms with Crippen LogP contribution in [0.1, 0.15) is 13.8 Å². The topological polar surface area (TPSA) is 82.1 Å². The van der Waals surface area contributed by atoms with Gasteiger partial charge in [-0.3, -0.25) is 0 Å². The maximum atomic E-state index is 5.82.